The number of aliphatic hydroxyl groups is 1. The molecule has 10 nitrogen and oxygen atoms in total. The second-order valence-electron chi connectivity index (χ2n) is 8.08. The fourth-order valence-electron chi connectivity index (χ4n) is 3.81. The Hall–Kier alpha value is -3.27. The third kappa shape index (κ3) is 6.88. The minimum atomic E-state index is -0.490. The van der Waals surface area contributed by atoms with Gasteiger partial charge in [0.25, 0.3) is 0 Å². The molecule has 1 aromatic carbocycles. The first-order chi connectivity index (χ1) is 15.4. The summed E-state index contributed by atoms with van der Waals surface area (Å²) in [4.78, 5) is 28.1. The number of hydrogen-bond acceptors (Lipinski definition) is 6. The molecular weight excluding hydrogens is 412 g/mol. The van der Waals surface area contributed by atoms with Crippen molar-refractivity contribution in [1.82, 2.24) is 26.5 Å². The van der Waals surface area contributed by atoms with Crippen LogP contribution in [0.4, 0.5) is 15.3 Å². The van der Waals surface area contributed by atoms with E-state index in [2.05, 4.69) is 38.7 Å². The number of fused-ring (bicyclic) bond motifs is 1. The minimum absolute atomic E-state index is 0.0687. The van der Waals surface area contributed by atoms with Crippen LogP contribution in [0.15, 0.2) is 30.5 Å². The van der Waals surface area contributed by atoms with Gasteiger partial charge in [0, 0.05) is 36.3 Å². The first-order valence-corrected chi connectivity index (χ1v) is 10.9. The largest absolute Gasteiger partial charge is 0.497 e. The first-order valence-electron chi connectivity index (χ1n) is 10.9. The zero-order valence-corrected chi connectivity index (χ0v) is 18.5. The van der Waals surface area contributed by atoms with Gasteiger partial charge in [0.1, 0.15) is 5.75 Å². The van der Waals surface area contributed by atoms with Crippen LogP contribution in [0.3, 0.4) is 0 Å². The predicted octanol–water partition coefficient (Wildman–Crippen LogP) is 2.25. The lowest BCUT2D eigenvalue weighted by Gasteiger charge is -2.18. The third-order valence-corrected chi connectivity index (χ3v) is 5.45. The molecule has 32 heavy (non-hydrogen) atoms. The lowest BCUT2D eigenvalue weighted by Crippen LogP contribution is -2.52. The lowest BCUT2D eigenvalue weighted by atomic mass is 10.1. The Morgan fingerprint density at radius 3 is 2.81 bits per heavy atom. The number of amides is 4. The Kier molecular flexibility index (Phi) is 8.32. The van der Waals surface area contributed by atoms with Crippen LogP contribution < -0.4 is 31.5 Å². The monoisotopic (exact) mass is 444 g/mol. The molecule has 2 aromatic rings. The van der Waals surface area contributed by atoms with Crippen LogP contribution in [-0.2, 0) is 0 Å². The van der Waals surface area contributed by atoms with E-state index in [-0.39, 0.29) is 18.2 Å². The molecule has 0 saturated heterocycles. The summed E-state index contributed by atoms with van der Waals surface area (Å²) in [5.41, 5.74) is 6.41. The molecule has 1 aromatic heterocycles. The van der Waals surface area contributed by atoms with Gasteiger partial charge >= 0.3 is 12.1 Å². The van der Waals surface area contributed by atoms with Crippen LogP contribution in [0, 0.1) is 0 Å². The average Bonchev–Trinajstić information content (AvgIpc) is 3.19. The van der Waals surface area contributed by atoms with Crippen LogP contribution in [0.1, 0.15) is 39.0 Å². The van der Waals surface area contributed by atoms with Gasteiger partial charge in [-0.15, -0.1) is 0 Å². The van der Waals surface area contributed by atoms with E-state index in [1.54, 1.807) is 13.3 Å². The first kappa shape index (κ1) is 23.4. The summed E-state index contributed by atoms with van der Waals surface area (Å²) in [6.07, 6.45) is 4.91. The maximum atomic E-state index is 11.8. The van der Waals surface area contributed by atoms with Crippen LogP contribution in [0.2, 0.25) is 0 Å². The van der Waals surface area contributed by atoms with E-state index in [4.69, 9.17) is 4.74 Å². The molecule has 0 radical (unpaired) electrons. The van der Waals surface area contributed by atoms with Crippen molar-refractivity contribution < 1.29 is 19.4 Å². The number of aromatic nitrogens is 1. The molecule has 3 rings (SSSR count). The van der Waals surface area contributed by atoms with Crippen molar-refractivity contribution >= 4 is 28.7 Å². The van der Waals surface area contributed by atoms with Gasteiger partial charge in [0.2, 0.25) is 0 Å². The van der Waals surface area contributed by atoms with Crippen molar-refractivity contribution in [3.05, 3.63) is 30.5 Å². The van der Waals surface area contributed by atoms with Gasteiger partial charge in [-0.25, -0.2) is 20.4 Å². The van der Waals surface area contributed by atoms with Gasteiger partial charge in [-0.1, -0.05) is 6.07 Å². The fraction of sp³-hybridized carbons (Fsp3) is 0.500. The van der Waals surface area contributed by atoms with Gasteiger partial charge < -0.3 is 25.8 Å². The van der Waals surface area contributed by atoms with Crippen molar-refractivity contribution in [3.8, 4) is 5.75 Å². The summed E-state index contributed by atoms with van der Waals surface area (Å²) in [5.74, 6) is 0.763. The average molecular weight is 445 g/mol. The fourth-order valence-corrected chi connectivity index (χ4v) is 3.81. The van der Waals surface area contributed by atoms with Crippen LogP contribution in [0.5, 0.6) is 5.75 Å². The van der Waals surface area contributed by atoms with Gasteiger partial charge in [0.05, 0.1) is 24.4 Å². The maximum absolute atomic E-state index is 11.8. The van der Waals surface area contributed by atoms with Crippen LogP contribution in [-0.4, -0.2) is 54.0 Å². The number of hydrogen-bond donors (Lipinski definition) is 6. The lowest BCUT2D eigenvalue weighted by molar-refractivity contribution is 0.179. The maximum Gasteiger partial charge on any atom is 0.333 e. The Labute approximate surface area is 187 Å². The van der Waals surface area contributed by atoms with E-state index >= 15 is 0 Å². The Morgan fingerprint density at radius 1 is 1.25 bits per heavy atom. The van der Waals surface area contributed by atoms with E-state index in [1.165, 1.54) is 0 Å². The van der Waals surface area contributed by atoms with Crippen LogP contribution >= 0.6 is 0 Å². The Bertz CT molecular complexity index is 924. The molecule has 174 valence electrons. The van der Waals surface area contributed by atoms with E-state index < -0.39 is 12.1 Å². The van der Waals surface area contributed by atoms with Gasteiger partial charge in [-0.2, -0.15) is 0 Å². The molecule has 0 spiro atoms. The number of nitrogens with one attached hydrogen (secondary N) is 5. The molecule has 0 bridgehead atoms. The summed E-state index contributed by atoms with van der Waals surface area (Å²) in [5, 5.41) is 19.4. The van der Waals surface area contributed by atoms with Crippen molar-refractivity contribution in [3.63, 3.8) is 0 Å². The topological polar surface area (TPSA) is 137 Å². The Balaban J connectivity index is 1.34. The third-order valence-electron chi connectivity index (χ3n) is 5.45. The number of pyridine rings is 1. The second kappa shape index (κ2) is 11.4. The standard InChI is InChI=1S/C22H32N6O4/c1-14(25-19-13-18(32-2)11-15-6-4-9-23-20(15)19)5-3-10-24-21(30)27-28-22(31)26-16-7-8-17(29)12-16/h4,6,9,11,13-14,16-17,25,29H,3,5,7-8,10,12H2,1-2H3,(H2,24,27,30)(H2,26,28,31)/t14?,16-,17+/m0/s1. The zero-order valence-electron chi connectivity index (χ0n) is 18.5. The molecule has 4 amide bonds. The van der Waals surface area contributed by atoms with E-state index in [1.807, 2.05) is 24.3 Å². The molecule has 0 aliphatic heterocycles. The van der Waals surface area contributed by atoms with Gasteiger partial charge in [-0.3, -0.25) is 4.98 Å². The molecule has 1 heterocycles. The molecule has 1 aliphatic carbocycles. The summed E-state index contributed by atoms with van der Waals surface area (Å²) in [6, 6.07) is 6.89. The number of anilines is 1. The molecular formula is C22H32N6O4. The number of hydrazine groups is 1. The molecule has 3 atom stereocenters. The van der Waals surface area contributed by atoms with Crippen molar-refractivity contribution in [1.29, 1.82) is 0 Å². The predicted molar refractivity (Wildman–Crippen MR) is 122 cm³/mol. The number of benzene rings is 1. The number of carbonyl (C=O) groups excluding carboxylic acids is 2. The highest BCUT2D eigenvalue weighted by molar-refractivity contribution is 5.91. The number of nitrogens with zero attached hydrogens (tertiary/aromatic N) is 1. The molecule has 6 N–H and O–H groups in total. The highest BCUT2D eigenvalue weighted by Gasteiger charge is 2.24. The molecule has 1 fully saturated rings. The molecule has 1 aliphatic rings. The Morgan fingerprint density at radius 2 is 2.06 bits per heavy atom. The quantitative estimate of drug-likeness (QED) is 0.273. The number of carbonyl (C=O) groups is 2. The molecule has 1 unspecified atom stereocenters. The summed E-state index contributed by atoms with van der Waals surface area (Å²) in [6.45, 7) is 2.53. The highest BCUT2D eigenvalue weighted by Crippen LogP contribution is 2.28. The number of rotatable bonds is 8. The number of methoxy groups -OCH3 is 1. The SMILES string of the molecule is COc1cc(NC(C)CCCNC(=O)NNC(=O)N[C@H]2CC[C@@H](O)C2)c2ncccc2c1. The zero-order chi connectivity index (χ0) is 22.9. The van der Waals surface area contributed by atoms with Gasteiger partial charge in [0.15, 0.2) is 0 Å². The number of aliphatic hydroxyl groups excluding tert-OH is 1. The normalized spacial score (nSPS) is 18.6. The smallest absolute Gasteiger partial charge is 0.333 e. The number of urea groups is 2. The molecule has 10 heteroatoms. The molecule has 1 saturated carbocycles. The van der Waals surface area contributed by atoms with Crippen molar-refractivity contribution in [2.24, 2.45) is 0 Å². The number of ether oxygens (including phenoxy) is 1. The second-order valence-corrected chi connectivity index (χ2v) is 8.08. The van der Waals surface area contributed by atoms with Crippen molar-refractivity contribution in [2.45, 2.75) is 57.2 Å². The summed E-state index contributed by atoms with van der Waals surface area (Å²) >= 11 is 0. The van der Waals surface area contributed by atoms with E-state index in [0.29, 0.717) is 19.4 Å². The summed E-state index contributed by atoms with van der Waals surface area (Å²) in [7, 11) is 1.64. The van der Waals surface area contributed by atoms with E-state index in [9.17, 15) is 14.7 Å². The van der Waals surface area contributed by atoms with Gasteiger partial charge in [-0.05, 0) is 51.2 Å². The summed E-state index contributed by atoms with van der Waals surface area (Å²) < 4.78 is 5.38. The minimum Gasteiger partial charge on any atom is -0.497 e. The van der Waals surface area contributed by atoms with Crippen LogP contribution in [0.25, 0.3) is 10.9 Å². The highest BCUT2D eigenvalue weighted by atomic mass is 16.5. The van der Waals surface area contributed by atoms with Crippen molar-refractivity contribution in [2.75, 3.05) is 19.0 Å². The van der Waals surface area contributed by atoms with E-state index in [0.717, 1.165) is 41.6 Å².